The molecule has 1 aromatic carbocycles. The Hall–Kier alpha value is -1.30. The highest BCUT2D eigenvalue weighted by molar-refractivity contribution is 9.10. The van der Waals surface area contributed by atoms with Crippen LogP contribution in [0.15, 0.2) is 10.5 Å². The lowest BCUT2D eigenvalue weighted by molar-refractivity contribution is -0.143. The van der Waals surface area contributed by atoms with Crippen molar-refractivity contribution in [3.05, 3.63) is 21.9 Å². The van der Waals surface area contributed by atoms with Gasteiger partial charge in [-0.15, -0.1) is 0 Å². The van der Waals surface area contributed by atoms with Crippen LogP contribution in [0.1, 0.15) is 31.2 Å². The summed E-state index contributed by atoms with van der Waals surface area (Å²) in [4.78, 5) is 11.7. The van der Waals surface area contributed by atoms with Gasteiger partial charge in [0, 0.05) is 5.56 Å². The van der Waals surface area contributed by atoms with E-state index < -0.39 is 17.2 Å². The molecule has 0 spiro atoms. The molecule has 1 aliphatic rings. The van der Waals surface area contributed by atoms with Crippen LogP contribution in [0.5, 0.6) is 11.5 Å². The lowest BCUT2D eigenvalue weighted by Crippen LogP contribution is -2.33. The number of hydrogen-bond donors (Lipinski definition) is 1. The summed E-state index contributed by atoms with van der Waals surface area (Å²) in [6.45, 7) is 0. The number of rotatable bonds is 4. The van der Waals surface area contributed by atoms with Crippen LogP contribution in [-0.2, 0) is 10.2 Å². The molecule has 0 atom stereocenters. The fourth-order valence-electron chi connectivity index (χ4n) is 2.85. The molecule has 0 bridgehead atoms. The second-order valence-corrected chi connectivity index (χ2v) is 5.67. The average molecular weight is 347 g/mol. The molecule has 0 aliphatic heterocycles. The lowest BCUT2D eigenvalue weighted by Gasteiger charge is -2.26. The maximum Gasteiger partial charge on any atom is 0.314 e. The molecule has 2 rings (SSSR count). The van der Waals surface area contributed by atoms with Gasteiger partial charge in [0.15, 0.2) is 11.5 Å². The summed E-state index contributed by atoms with van der Waals surface area (Å²) in [6, 6.07) is 1.44. The molecule has 0 radical (unpaired) electrons. The van der Waals surface area contributed by atoms with Gasteiger partial charge >= 0.3 is 5.97 Å². The van der Waals surface area contributed by atoms with Crippen molar-refractivity contribution < 1.29 is 23.8 Å². The minimum Gasteiger partial charge on any atom is -0.493 e. The van der Waals surface area contributed by atoms with E-state index in [2.05, 4.69) is 15.9 Å². The summed E-state index contributed by atoms with van der Waals surface area (Å²) >= 11 is 3.13. The van der Waals surface area contributed by atoms with Gasteiger partial charge in [-0.05, 0) is 34.8 Å². The molecule has 0 heterocycles. The van der Waals surface area contributed by atoms with E-state index in [0.717, 1.165) is 12.8 Å². The predicted molar refractivity (Wildman–Crippen MR) is 75.0 cm³/mol. The normalized spacial score (nSPS) is 17.0. The van der Waals surface area contributed by atoms with Crippen LogP contribution >= 0.6 is 15.9 Å². The van der Waals surface area contributed by atoms with Crippen LogP contribution in [-0.4, -0.2) is 25.3 Å². The summed E-state index contributed by atoms with van der Waals surface area (Å²) in [6.07, 6.45) is 2.41. The van der Waals surface area contributed by atoms with Crippen molar-refractivity contribution in [3.8, 4) is 11.5 Å². The van der Waals surface area contributed by atoms with Crippen molar-refractivity contribution in [2.75, 3.05) is 14.2 Å². The van der Waals surface area contributed by atoms with Crippen molar-refractivity contribution in [2.24, 2.45) is 0 Å². The first-order valence-corrected chi connectivity index (χ1v) is 7.11. The molecule has 6 heteroatoms. The van der Waals surface area contributed by atoms with E-state index >= 15 is 0 Å². The molecule has 0 amide bonds. The number of carboxylic acid groups (broad SMARTS) is 1. The Morgan fingerprint density at radius 3 is 2.40 bits per heavy atom. The maximum absolute atomic E-state index is 14.6. The van der Waals surface area contributed by atoms with E-state index in [-0.39, 0.29) is 15.8 Å². The molecule has 1 aromatic rings. The smallest absolute Gasteiger partial charge is 0.314 e. The standard InChI is InChI=1S/C14H16BrFO4/c1-19-9-7-8(11(16)10(15)12(9)20-2)14(13(17)18)5-3-4-6-14/h7H,3-6H2,1-2H3,(H,17,18). The molecule has 0 saturated heterocycles. The van der Waals surface area contributed by atoms with Crippen LogP contribution in [0.2, 0.25) is 0 Å². The second-order valence-electron chi connectivity index (χ2n) is 4.88. The van der Waals surface area contributed by atoms with Crippen molar-refractivity contribution in [1.82, 2.24) is 0 Å². The van der Waals surface area contributed by atoms with Gasteiger partial charge in [0.1, 0.15) is 5.82 Å². The van der Waals surface area contributed by atoms with Crippen molar-refractivity contribution in [3.63, 3.8) is 0 Å². The van der Waals surface area contributed by atoms with Crippen LogP contribution in [0.25, 0.3) is 0 Å². The number of ether oxygens (including phenoxy) is 2. The quantitative estimate of drug-likeness (QED) is 0.906. The van der Waals surface area contributed by atoms with Crippen LogP contribution < -0.4 is 9.47 Å². The Morgan fingerprint density at radius 2 is 1.95 bits per heavy atom. The van der Waals surface area contributed by atoms with Crippen LogP contribution in [0.4, 0.5) is 4.39 Å². The van der Waals surface area contributed by atoms with Gasteiger partial charge in [0.25, 0.3) is 0 Å². The number of halogens is 2. The molecular formula is C14H16BrFO4. The fraction of sp³-hybridized carbons (Fsp3) is 0.500. The predicted octanol–water partition coefficient (Wildman–Crippen LogP) is 3.50. The molecule has 1 aliphatic carbocycles. The van der Waals surface area contributed by atoms with Gasteiger partial charge in [-0.25, -0.2) is 4.39 Å². The first kappa shape index (κ1) is 15.1. The zero-order chi connectivity index (χ0) is 14.9. The minimum atomic E-state index is -1.17. The molecule has 1 saturated carbocycles. The van der Waals surface area contributed by atoms with E-state index in [9.17, 15) is 14.3 Å². The monoisotopic (exact) mass is 346 g/mol. The Labute approximate surface area is 125 Å². The average Bonchev–Trinajstić information content (AvgIpc) is 2.92. The van der Waals surface area contributed by atoms with Crippen LogP contribution in [0, 0.1) is 5.82 Å². The van der Waals surface area contributed by atoms with Gasteiger partial charge in [0.05, 0.1) is 24.1 Å². The number of carbonyl (C=O) groups is 1. The van der Waals surface area contributed by atoms with Gasteiger partial charge in [0.2, 0.25) is 0 Å². The highest BCUT2D eigenvalue weighted by Gasteiger charge is 2.46. The molecule has 110 valence electrons. The van der Waals surface area contributed by atoms with Crippen molar-refractivity contribution in [2.45, 2.75) is 31.1 Å². The summed E-state index contributed by atoms with van der Waals surface area (Å²) in [7, 11) is 2.85. The highest BCUT2D eigenvalue weighted by Crippen LogP contribution is 2.48. The van der Waals surface area contributed by atoms with Crippen molar-refractivity contribution >= 4 is 21.9 Å². The third-order valence-electron chi connectivity index (χ3n) is 3.93. The molecule has 0 unspecified atom stereocenters. The zero-order valence-electron chi connectivity index (χ0n) is 11.3. The summed E-state index contributed by atoms with van der Waals surface area (Å²) < 4.78 is 25.0. The fourth-order valence-corrected chi connectivity index (χ4v) is 3.42. The lowest BCUT2D eigenvalue weighted by atomic mass is 9.78. The Morgan fingerprint density at radius 1 is 1.35 bits per heavy atom. The number of methoxy groups -OCH3 is 2. The maximum atomic E-state index is 14.6. The van der Waals surface area contributed by atoms with Gasteiger partial charge < -0.3 is 14.6 Å². The van der Waals surface area contributed by atoms with E-state index in [4.69, 9.17) is 9.47 Å². The van der Waals surface area contributed by atoms with Crippen LogP contribution in [0.3, 0.4) is 0 Å². The molecule has 0 aromatic heterocycles. The highest BCUT2D eigenvalue weighted by atomic mass is 79.9. The van der Waals surface area contributed by atoms with Gasteiger partial charge in [-0.3, -0.25) is 4.79 Å². The van der Waals surface area contributed by atoms with E-state index in [1.54, 1.807) is 0 Å². The Kier molecular flexibility index (Phi) is 4.22. The molecule has 1 fully saturated rings. The number of hydrogen-bond acceptors (Lipinski definition) is 3. The Balaban J connectivity index is 2.68. The summed E-state index contributed by atoms with van der Waals surface area (Å²) in [5.41, 5.74) is -1.02. The van der Waals surface area contributed by atoms with E-state index in [1.165, 1.54) is 20.3 Å². The number of aliphatic carboxylic acids is 1. The first-order valence-electron chi connectivity index (χ1n) is 6.31. The minimum absolute atomic E-state index is 0.0990. The molecule has 20 heavy (non-hydrogen) atoms. The topological polar surface area (TPSA) is 55.8 Å². The Bertz CT molecular complexity index is 538. The van der Waals surface area contributed by atoms with E-state index in [0.29, 0.717) is 18.6 Å². The second kappa shape index (κ2) is 5.60. The summed E-state index contributed by atoms with van der Waals surface area (Å²) in [5.74, 6) is -1.03. The van der Waals surface area contributed by atoms with Crippen molar-refractivity contribution in [1.29, 1.82) is 0 Å². The zero-order valence-corrected chi connectivity index (χ0v) is 12.9. The third-order valence-corrected chi connectivity index (χ3v) is 4.64. The third kappa shape index (κ3) is 2.16. The molecule has 1 N–H and O–H groups in total. The number of benzene rings is 1. The largest absolute Gasteiger partial charge is 0.493 e. The van der Waals surface area contributed by atoms with E-state index in [1.807, 2.05) is 0 Å². The van der Waals surface area contributed by atoms with Gasteiger partial charge in [-0.2, -0.15) is 0 Å². The molecular weight excluding hydrogens is 331 g/mol. The first-order chi connectivity index (χ1) is 9.47. The number of carboxylic acids is 1. The van der Waals surface area contributed by atoms with Gasteiger partial charge in [-0.1, -0.05) is 12.8 Å². The SMILES string of the molecule is COc1cc(C2(C(=O)O)CCCC2)c(F)c(Br)c1OC. The molecule has 4 nitrogen and oxygen atoms in total. The summed E-state index contributed by atoms with van der Waals surface area (Å²) in [5, 5.41) is 9.57.